The van der Waals surface area contributed by atoms with Gasteiger partial charge in [0.1, 0.15) is 5.69 Å². The van der Waals surface area contributed by atoms with E-state index in [2.05, 4.69) is 37.5 Å². The summed E-state index contributed by atoms with van der Waals surface area (Å²) in [4.78, 5) is 4.40. The molecule has 6 nitrogen and oxygen atoms in total. The van der Waals surface area contributed by atoms with Crippen molar-refractivity contribution in [3.63, 3.8) is 0 Å². The fourth-order valence-electron chi connectivity index (χ4n) is 4.73. The molecule has 1 unspecified atom stereocenters. The Balaban J connectivity index is 1.44. The third kappa shape index (κ3) is 6.33. The lowest BCUT2D eigenvalue weighted by Crippen LogP contribution is -2.48. The molecule has 1 saturated heterocycles. The SMILES string of the molecule is FC(F)(F)c1cccc(C(c2nnnn2-c2c(Cl)cccc2Cl)N2CCN(CC=Cc3ccccc3)CC2)c1. The molecule has 1 aliphatic rings. The molecule has 202 valence electrons. The predicted molar refractivity (Wildman–Crippen MR) is 146 cm³/mol. The third-order valence-corrected chi connectivity index (χ3v) is 7.27. The molecule has 0 bridgehead atoms. The highest BCUT2D eigenvalue weighted by Gasteiger charge is 2.35. The summed E-state index contributed by atoms with van der Waals surface area (Å²) in [6.07, 6.45) is -0.281. The Morgan fingerprint density at radius 1 is 0.872 bits per heavy atom. The average molecular weight is 573 g/mol. The minimum atomic E-state index is -4.48. The summed E-state index contributed by atoms with van der Waals surface area (Å²) in [6.45, 7) is 3.42. The molecule has 0 aliphatic carbocycles. The van der Waals surface area contributed by atoms with Crippen molar-refractivity contribution in [2.24, 2.45) is 0 Å². The monoisotopic (exact) mass is 572 g/mol. The summed E-state index contributed by atoms with van der Waals surface area (Å²) in [6, 6.07) is 19.7. The molecule has 5 rings (SSSR count). The molecule has 4 aromatic rings. The van der Waals surface area contributed by atoms with E-state index in [1.54, 1.807) is 24.3 Å². The van der Waals surface area contributed by atoms with Gasteiger partial charge in [0, 0.05) is 32.7 Å². The van der Waals surface area contributed by atoms with Crippen molar-refractivity contribution in [1.29, 1.82) is 0 Å². The molecule has 1 aliphatic heterocycles. The van der Waals surface area contributed by atoms with Crippen LogP contribution in [0.25, 0.3) is 11.8 Å². The minimum Gasteiger partial charge on any atom is -0.297 e. The molecule has 0 saturated carbocycles. The number of para-hydroxylation sites is 1. The van der Waals surface area contributed by atoms with Gasteiger partial charge in [-0.25, -0.2) is 0 Å². The first-order valence-corrected chi connectivity index (χ1v) is 13.1. The Morgan fingerprint density at radius 3 is 2.26 bits per heavy atom. The fraction of sp³-hybridized carbons (Fsp3) is 0.250. The maximum absolute atomic E-state index is 13.7. The van der Waals surface area contributed by atoms with E-state index in [1.807, 2.05) is 30.3 Å². The number of nitrogens with zero attached hydrogens (tertiary/aromatic N) is 6. The van der Waals surface area contributed by atoms with Gasteiger partial charge in [0.05, 0.1) is 21.7 Å². The van der Waals surface area contributed by atoms with Crippen LogP contribution in [0.15, 0.2) is 78.9 Å². The van der Waals surface area contributed by atoms with Gasteiger partial charge in [0.25, 0.3) is 0 Å². The fourth-order valence-corrected chi connectivity index (χ4v) is 5.29. The predicted octanol–water partition coefficient (Wildman–Crippen LogP) is 6.41. The standard InChI is InChI=1S/C28H25Cl2F3N6/c29-23-12-5-13-24(30)26(23)39-27(34-35-36-39)25(21-10-4-11-22(19-21)28(31,32)33)38-17-15-37(16-18-38)14-6-9-20-7-2-1-3-8-20/h1-13,19,25H,14-18H2. The number of aromatic nitrogens is 4. The van der Waals surface area contributed by atoms with Crippen molar-refractivity contribution in [1.82, 2.24) is 30.0 Å². The maximum atomic E-state index is 13.7. The zero-order valence-electron chi connectivity index (χ0n) is 20.8. The Morgan fingerprint density at radius 2 is 1.56 bits per heavy atom. The van der Waals surface area contributed by atoms with Crippen LogP contribution in [0.1, 0.15) is 28.6 Å². The summed E-state index contributed by atoms with van der Waals surface area (Å²) >= 11 is 12.9. The molecular weight excluding hydrogens is 548 g/mol. The molecule has 0 radical (unpaired) electrons. The number of alkyl halides is 3. The topological polar surface area (TPSA) is 50.1 Å². The molecule has 1 aromatic heterocycles. The largest absolute Gasteiger partial charge is 0.416 e. The quantitative estimate of drug-likeness (QED) is 0.256. The lowest BCUT2D eigenvalue weighted by Gasteiger charge is -2.38. The molecule has 2 heterocycles. The number of hydrogen-bond donors (Lipinski definition) is 0. The zero-order chi connectivity index (χ0) is 27.4. The van der Waals surface area contributed by atoms with Crippen LogP contribution in [0.4, 0.5) is 13.2 Å². The normalized spacial score (nSPS) is 16.1. The van der Waals surface area contributed by atoms with Crippen molar-refractivity contribution in [3.8, 4) is 5.69 Å². The van der Waals surface area contributed by atoms with Crippen LogP contribution in [0.3, 0.4) is 0 Å². The number of piperazine rings is 1. The van der Waals surface area contributed by atoms with Gasteiger partial charge in [-0.1, -0.05) is 83.9 Å². The number of rotatable bonds is 7. The van der Waals surface area contributed by atoms with Gasteiger partial charge in [0.2, 0.25) is 0 Å². The van der Waals surface area contributed by atoms with E-state index in [-0.39, 0.29) is 0 Å². The van der Waals surface area contributed by atoms with Crippen molar-refractivity contribution < 1.29 is 13.2 Å². The van der Waals surface area contributed by atoms with Gasteiger partial charge >= 0.3 is 6.18 Å². The van der Waals surface area contributed by atoms with E-state index >= 15 is 0 Å². The van der Waals surface area contributed by atoms with Crippen LogP contribution in [0, 0.1) is 0 Å². The summed E-state index contributed by atoms with van der Waals surface area (Å²) in [5.74, 6) is 0.335. The van der Waals surface area contributed by atoms with Gasteiger partial charge in [-0.15, -0.1) is 5.10 Å². The average Bonchev–Trinajstić information content (AvgIpc) is 3.39. The second kappa shape index (κ2) is 11.9. The maximum Gasteiger partial charge on any atom is 0.416 e. The first-order valence-electron chi connectivity index (χ1n) is 12.4. The van der Waals surface area contributed by atoms with Gasteiger partial charge < -0.3 is 0 Å². The van der Waals surface area contributed by atoms with Gasteiger partial charge in [-0.3, -0.25) is 9.80 Å². The highest BCUT2D eigenvalue weighted by Crippen LogP contribution is 2.36. The summed E-state index contributed by atoms with van der Waals surface area (Å²) in [5.41, 5.74) is 1.21. The smallest absolute Gasteiger partial charge is 0.297 e. The molecule has 11 heteroatoms. The van der Waals surface area contributed by atoms with Crippen molar-refractivity contribution in [3.05, 3.63) is 111 Å². The highest BCUT2D eigenvalue weighted by molar-refractivity contribution is 6.37. The number of benzene rings is 3. The highest BCUT2D eigenvalue weighted by atomic mass is 35.5. The molecule has 1 atom stereocenters. The van der Waals surface area contributed by atoms with Crippen molar-refractivity contribution in [2.75, 3.05) is 32.7 Å². The molecule has 0 amide bonds. The van der Waals surface area contributed by atoms with E-state index in [1.165, 1.54) is 10.7 Å². The second-order valence-corrected chi connectivity index (χ2v) is 10.0. The summed E-state index contributed by atoms with van der Waals surface area (Å²) < 4.78 is 42.4. The first-order chi connectivity index (χ1) is 18.8. The Kier molecular flexibility index (Phi) is 8.32. The lowest BCUT2D eigenvalue weighted by atomic mass is 10.0. The second-order valence-electron chi connectivity index (χ2n) is 9.19. The first kappa shape index (κ1) is 27.3. The molecule has 3 aromatic carbocycles. The Bertz CT molecular complexity index is 1410. The van der Waals surface area contributed by atoms with E-state index in [0.717, 1.165) is 37.3 Å². The van der Waals surface area contributed by atoms with Crippen LogP contribution in [0.5, 0.6) is 0 Å². The van der Waals surface area contributed by atoms with Crippen molar-refractivity contribution >= 4 is 29.3 Å². The van der Waals surface area contributed by atoms with Crippen LogP contribution >= 0.6 is 23.2 Å². The van der Waals surface area contributed by atoms with Crippen LogP contribution < -0.4 is 0 Å². The van der Waals surface area contributed by atoms with E-state index in [9.17, 15) is 13.2 Å². The number of tetrazole rings is 1. The Hall–Kier alpha value is -3.24. The minimum absolute atomic E-state index is 0.328. The summed E-state index contributed by atoms with van der Waals surface area (Å²) in [5, 5.41) is 12.9. The van der Waals surface area contributed by atoms with Gasteiger partial charge in [0.15, 0.2) is 5.82 Å². The van der Waals surface area contributed by atoms with E-state index in [0.29, 0.717) is 40.2 Å². The van der Waals surface area contributed by atoms with E-state index in [4.69, 9.17) is 23.2 Å². The van der Waals surface area contributed by atoms with E-state index < -0.39 is 17.8 Å². The zero-order valence-corrected chi connectivity index (χ0v) is 22.3. The lowest BCUT2D eigenvalue weighted by molar-refractivity contribution is -0.137. The molecule has 39 heavy (non-hydrogen) atoms. The molecule has 0 spiro atoms. The summed E-state index contributed by atoms with van der Waals surface area (Å²) in [7, 11) is 0. The molecular formula is C28H25Cl2F3N6. The molecule has 1 fully saturated rings. The Labute approximate surface area is 234 Å². The van der Waals surface area contributed by atoms with Gasteiger partial charge in [-0.2, -0.15) is 17.9 Å². The van der Waals surface area contributed by atoms with Crippen LogP contribution in [-0.4, -0.2) is 62.7 Å². The third-order valence-electron chi connectivity index (χ3n) is 6.66. The van der Waals surface area contributed by atoms with Crippen molar-refractivity contribution in [2.45, 2.75) is 12.2 Å². The number of hydrogen-bond acceptors (Lipinski definition) is 5. The van der Waals surface area contributed by atoms with Crippen LogP contribution in [-0.2, 0) is 6.18 Å². The molecule has 0 N–H and O–H groups in total. The van der Waals surface area contributed by atoms with Gasteiger partial charge in [-0.05, 0) is 45.8 Å². The van der Waals surface area contributed by atoms with Crippen LogP contribution in [0.2, 0.25) is 10.0 Å². The number of halogens is 5.